The summed E-state index contributed by atoms with van der Waals surface area (Å²) >= 11 is 12.2. The van der Waals surface area contributed by atoms with Crippen molar-refractivity contribution in [1.82, 2.24) is 9.80 Å². The number of nitrogens with one attached hydrogen (secondary N) is 1. The zero-order valence-corrected chi connectivity index (χ0v) is 17.6. The van der Waals surface area contributed by atoms with Crippen LogP contribution in [0.1, 0.15) is 5.56 Å². The van der Waals surface area contributed by atoms with Gasteiger partial charge in [-0.2, -0.15) is 0 Å². The summed E-state index contributed by atoms with van der Waals surface area (Å²) in [7, 11) is 0. The summed E-state index contributed by atoms with van der Waals surface area (Å²) < 4.78 is 0. The van der Waals surface area contributed by atoms with Gasteiger partial charge in [-0.3, -0.25) is 14.6 Å². The van der Waals surface area contributed by atoms with E-state index in [0.29, 0.717) is 22.3 Å². The van der Waals surface area contributed by atoms with Crippen molar-refractivity contribution in [1.29, 1.82) is 0 Å². The molecule has 0 bridgehead atoms. The highest BCUT2D eigenvalue weighted by Crippen LogP contribution is 2.29. The predicted octanol–water partition coefficient (Wildman–Crippen LogP) is 4.90. The Bertz CT molecular complexity index is 1010. The molecule has 0 aliphatic carbocycles. The minimum atomic E-state index is -0.0725. The molecule has 3 aromatic carbocycles. The number of nitrogens with zero attached hydrogens (tertiary/aromatic N) is 2. The van der Waals surface area contributed by atoms with Gasteiger partial charge < -0.3 is 5.32 Å². The van der Waals surface area contributed by atoms with Gasteiger partial charge in [0.2, 0.25) is 5.91 Å². The number of anilines is 1. The Morgan fingerprint density at radius 3 is 2.38 bits per heavy atom. The maximum atomic E-state index is 12.4. The van der Waals surface area contributed by atoms with Gasteiger partial charge in [0, 0.05) is 32.7 Å². The average Bonchev–Trinajstić information content (AvgIpc) is 2.73. The van der Waals surface area contributed by atoms with Crippen LogP contribution in [0.2, 0.25) is 10.0 Å². The highest BCUT2D eigenvalue weighted by Gasteiger charge is 2.20. The molecule has 1 aliphatic rings. The SMILES string of the molecule is O=C(CN1CCN(Cc2cccc3ccccc23)CC1)Nc1cccc(Cl)c1Cl. The van der Waals surface area contributed by atoms with Gasteiger partial charge in [0.05, 0.1) is 22.3 Å². The minimum absolute atomic E-state index is 0.0725. The molecule has 3 aromatic rings. The van der Waals surface area contributed by atoms with Crippen molar-refractivity contribution in [3.63, 3.8) is 0 Å². The summed E-state index contributed by atoms with van der Waals surface area (Å²) in [6.45, 7) is 4.89. The van der Waals surface area contributed by atoms with Crippen LogP contribution in [-0.4, -0.2) is 48.4 Å². The maximum absolute atomic E-state index is 12.4. The number of carbonyl (C=O) groups excluding carboxylic acids is 1. The molecule has 4 nitrogen and oxygen atoms in total. The number of carbonyl (C=O) groups is 1. The van der Waals surface area contributed by atoms with E-state index in [9.17, 15) is 4.79 Å². The predicted molar refractivity (Wildman–Crippen MR) is 121 cm³/mol. The monoisotopic (exact) mass is 427 g/mol. The second-order valence-electron chi connectivity index (χ2n) is 7.34. The van der Waals surface area contributed by atoms with Crippen LogP contribution in [0.25, 0.3) is 10.8 Å². The molecule has 150 valence electrons. The summed E-state index contributed by atoms with van der Waals surface area (Å²) in [5.74, 6) is -0.0725. The van der Waals surface area contributed by atoms with Gasteiger partial charge in [0.15, 0.2) is 0 Å². The van der Waals surface area contributed by atoms with Gasteiger partial charge in [0.1, 0.15) is 0 Å². The summed E-state index contributed by atoms with van der Waals surface area (Å²) in [5, 5.41) is 6.27. The number of benzene rings is 3. The minimum Gasteiger partial charge on any atom is -0.324 e. The van der Waals surface area contributed by atoms with Crippen molar-refractivity contribution in [2.24, 2.45) is 0 Å². The number of rotatable bonds is 5. The van der Waals surface area contributed by atoms with Crippen LogP contribution in [0, 0.1) is 0 Å². The Kier molecular flexibility index (Phi) is 6.36. The lowest BCUT2D eigenvalue weighted by Gasteiger charge is -2.34. The van der Waals surface area contributed by atoms with E-state index in [4.69, 9.17) is 23.2 Å². The van der Waals surface area contributed by atoms with E-state index >= 15 is 0 Å². The average molecular weight is 428 g/mol. The summed E-state index contributed by atoms with van der Waals surface area (Å²) in [5.41, 5.74) is 1.91. The maximum Gasteiger partial charge on any atom is 0.238 e. The zero-order valence-electron chi connectivity index (χ0n) is 16.1. The molecule has 6 heteroatoms. The van der Waals surface area contributed by atoms with E-state index in [1.165, 1.54) is 16.3 Å². The van der Waals surface area contributed by atoms with Gasteiger partial charge in [-0.1, -0.05) is 71.7 Å². The normalized spacial score (nSPS) is 15.5. The molecule has 1 aliphatic heterocycles. The Hall–Kier alpha value is -2.11. The third-order valence-corrected chi connectivity index (χ3v) is 6.15. The van der Waals surface area contributed by atoms with Crippen molar-refractivity contribution >= 4 is 45.6 Å². The molecule has 0 aromatic heterocycles. The Labute approximate surface area is 181 Å². The van der Waals surface area contributed by atoms with E-state index in [2.05, 4.69) is 57.6 Å². The molecular weight excluding hydrogens is 405 g/mol. The van der Waals surface area contributed by atoms with Gasteiger partial charge in [-0.25, -0.2) is 0 Å². The zero-order chi connectivity index (χ0) is 20.2. The molecule has 0 unspecified atom stereocenters. The summed E-state index contributed by atoms with van der Waals surface area (Å²) in [6.07, 6.45) is 0. The lowest BCUT2D eigenvalue weighted by atomic mass is 10.0. The fraction of sp³-hybridized carbons (Fsp3) is 0.261. The van der Waals surface area contributed by atoms with Gasteiger partial charge in [-0.05, 0) is 28.5 Å². The molecule has 1 heterocycles. The van der Waals surface area contributed by atoms with Crippen LogP contribution in [0.15, 0.2) is 60.7 Å². The number of piperazine rings is 1. The fourth-order valence-corrected chi connectivity index (χ4v) is 4.12. The first-order chi connectivity index (χ1) is 14.1. The fourth-order valence-electron chi connectivity index (χ4n) is 3.77. The van der Waals surface area contributed by atoms with Crippen molar-refractivity contribution in [3.8, 4) is 0 Å². The second-order valence-corrected chi connectivity index (χ2v) is 8.13. The molecule has 0 saturated carbocycles. The first kappa shape index (κ1) is 20.2. The molecule has 1 amide bonds. The molecule has 1 N–H and O–H groups in total. The van der Waals surface area contributed by atoms with E-state index in [1.54, 1.807) is 18.2 Å². The third kappa shape index (κ3) is 4.90. The molecule has 0 atom stereocenters. The quantitative estimate of drug-likeness (QED) is 0.628. The lowest BCUT2D eigenvalue weighted by Crippen LogP contribution is -2.48. The van der Waals surface area contributed by atoms with Crippen molar-refractivity contribution in [2.75, 3.05) is 38.0 Å². The van der Waals surface area contributed by atoms with Crippen LogP contribution < -0.4 is 5.32 Å². The first-order valence-electron chi connectivity index (χ1n) is 9.75. The van der Waals surface area contributed by atoms with Crippen molar-refractivity contribution in [3.05, 3.63) is 76.3 Å². The van der Waals surface area contributed by atoms with Crippen LogP contribution >= 0.6 is 23.2 Å². The molecule has 29 heavy (non-hydrogen) atoms. The van der Waals surface area contributed by atoms with Crippen molar-refractivity contribution in [2.45, 2.75) is 6.54 Å². The highest BCUT2D eigenvalue weighted by atomic mass is 35.5. The lowest BCUT2D eigenvalue weighted by molar-refractivity contribution is -0.117. The largest absolute Gasteiger partial charge is 0.324 e. The molecule has 0 spiro atoms. The van der Waals surface area contributed by atoms with Gasteiger partial charge in [0.25, 0.3) is 0 Å². The Morgan fingerprint density at radius 1 is 0.862 bits per heavy atom. The van der Waals surface area contributed by atoms with Gasteiger partial charge in [-0.15, -0.1) is 0 Å². The van der Waals surface area contributed by atoms with Gasteiger partial charge >= 0.3 is 0 Å². The van der Waals surface area contributed by atoms with Crippen LogP contribution in [0.5, 0.6) is 0 Å². The highest BCUT2D eigenvalue weighted by molar-refractivity contribution is 6.44. The molecule has 1 fully saturated rings. The topological polar surface area (TPSA) is 35.6 Å². The Balaban J connectivity index is 1.30. The number of hydrogen-bond acceptors (Lipinski definition) is 3. The van der Waals surface area contributed by atoms with E-state index in [-0.39, 0.29) is 5.91 Å². The van der Waals surface area contributed by atoms with E-state index < -0.39 is 0 Å². The van der Waals surface area contributed by atoms with E-state index in [0.717, 1.165) is 32.7 Å². The standard InChI is InChI=1S/C23H23Cl2N3O/c24-20-9-4-10-21(23(20)25)26-22(29)16-28-13-11-27(12-14-28)15-18-7-3-6-17-5-1-2-8-19(17)18/h1-10H,11-16H2,(H,26,29). The number of halogens is 2. The van der Waals surface area contributed by atoms with Crippen LogP contribution in [0.4, 0.5) is 5.69 Å². The van der Waals surface area contributed by atoms with Crippen LogP contribution in [-0.2, 0) is 11.3 Å². The Morgan fingerprint density at radius 2 is 1.55 bits per heavy atom. The molecule has 4 rings (SSSR count). The summed E-state index contributed by atoms with van der Waals surface area (Å²) in [4.78, 5) is 17.0. The third-order valence-electron chi connectivity index (χ3n) is 5.33. The molecular formula is C23H23Cl2N3O. The molecule has 1 saturated heterocycles. The number of fused-ring (bicyclic) bond motifs is 1. The van der Waals surface area contributed by atoms with Crippen molar-refractivity contribution < 1.29 is 4.79 Å². The second kappa shape index (κ2) is 9.14. The smallest absolute Gasteiger partial charge is 0.238 e. The number of amides is 1. The number of hydrogen-bond donors (Lipinski definition) is 1. The van der Waals surface area contributed by atoms with Crippen LogP contribution in [0.3, 0.4) is 0 Å². The van der Waals surface area contributed by atoms with E-state index in [1.807, 2.05) is 0 Å². The first-order valence-corrected chi connectivity index (χ1v) is 10.5. The molecule has 0 radical (unpaired) electrons. The summed E-state index contributed by atoms with van der Waals surface area (Å²) in [6, 6.07) is 20.2.